The van der Waals surface area contributed by atoms with E-state index in [1.807, 2.05) is 18.2 Å². The fraction of sp³-hybridized carbons (Fsp3) is 0.400. The third kappa shape index (κ3) is 2.89. The monoisotopic (exact) mass is 259 g/mol. The maximum atomic E-state index is 5.20. The second kappa shape index (κ2) is 5.88. The van der Waals surface area contributed by atoms with Gasteiger partial charge in [0.1, 0.15) is 0 Å². The van der Waals surface area contributed by atoms with E-state index in [0.717, 1.165) is 24.5 Å². The zero-order chi connectivity index (χ0) is 10.4. The van der Waals surface area contributed by atoms with Gasteiger partial charge in [0.2, 0.25) is 0 Å². The zero-order valence-corrected chi connectivity index (χ0v) is 9.93. The summed E-state index contributed by atoms with van der Waals surface area (Å²) in [7, 11) is 3.28. The van der Waals surface area contributed by atoms with E-state index in [4.69, 9.17) is 9.47 Å². The van der Waals surface area contributed by atoms with Gasteiger partial charge in [-0.15, -0.1) is 0 Å². The first kappa shape index (κ1) is 11.3. The Hall–Kier alpha value is -0.740. The van der Waals surface area contributed by atoms with Crippen LogP contribution in [0.4, 0.5) is 0 Å². The van der Waals surface area contributed by atoms with Gasteiger partial charge in [-0.25, -0.2) is 0 Å². The number of ether oxygens (including phenoxy) is 2. The van der Waals surface area contributed by atoms with Crippen molar-refractivity contribution < 1.29 is 9.47 Å². The molecule has 3 nitrogen and oxygen atoms in total. The molecule has 78 valence electrons. The summed E-state index contributed by atoms with van der Waals surface area (Å²) in [6.45, 7) is 0.884. The lowest BCUT2D eigenvalue weighted by Gasteiger charge is -2.09. The number of methoxy groups -OCH3 is 2. The molecule has 0 aliphatic rings. The Bertz CT molecular complexity index is 291. The van der Waals surface area contributed by atoms with E-state index in [2.05, 4.69) is 20.5 Å². The van der Waals surface area contributed by atoms with Gasteiger partial charge in [-0.05, 0) is 24.1 Å². The number of hydrogen-bond donors (Lipinski definition) is 1. The first-order valence-corrected chi connectivity index (χ1v) is 5.15. The van der Waals surface area contributed by atoms with E-state index in [1.54, 1.807) is 14.2 Å². The first-order valence-electron chi connectivity index (χ1n) is 4.36. The number of rotatable bonds is 5. The zero-order valence-electron chi connectivity index (χ0n) is 8.34. The Morgan fingerprint density at radius 2 is 1.93 bits per heavy atom. The summed E-state index contributed by atoms with van der Waals surface area (Å²) in [5, 5.41) is 0. The average molecular weight is 260 g/mol. The first-order chi connectivity index (χ1) is 6.81. The van der Waals surface area contributed by atoms with Gasteiger partial charge in [0.25, 0.3) is 0 Å². The van der Waals surface area contributed by atoms with Crippen LogP contribution in [0.15, 0.2) is 18.2 Å². The molecule has 1 N–H and O–H groups in total. The fourth-order valence-corrected chi connectivity index (χ4v) is 1.43. The van der Waals surface area contributed by atoms with Gasteiger partial charge in [0.15, 0.2) is 11.5 Å². The van der Waals surface area contributed by atoms with Gasteiger partial charge in [0.05, 0.1) is 14.2 Å². The second-order valence-corrected chi connectivity index (χ2v) is 3.38. The Morgan fingerprint density at radius 1 is 1.21 bits per heavy atom. The van der Waals surface area contributed by atoms with Crippen molar-refractivity contribution in [2.24, 2.45) is 0 Å². The molecule has 1 rings (SSSR count). The topological polar surface area (TPSA) is 30.5 Å². The smallest absolute Gasteiger partial charge is 0.160 e. The molecule has 1 aromatic carbocycles. The lowest BCUT2D eigenvalue weighted by Crippen LogP contribution is -2.04. The van der Waals surface area contributed by atoms with Crippen LogP contribution in [-0.4, -0.2) is 20.8 Å². The van der Waals surface area contributed by atoms with Crippen molar-refractivity contribution in [1.29, 1.82) is 0 Å². The molecule has 0 fully saturated rings. The number of hydrogen-bond acceptors (Lipinski definition) is 3. The fourth-order valence-electron chi connectivity index (χ4n) is 1.23. The van der Waals surface area contributed by atoms with Crippen molar-refractivity contribution in [3.05, 3.63) is 23.8 Å². The highest BCUT2D eigenvalue weighted by molar-refractivity contribution is 9.08. The standard InChI is InChI=1S/C10H14BrNO2/c1-13-9-4-3-8(5-6-12-11)7-10(9)14-2/h3-4,7,12H,5-6H2,1-2H3. The molecule has 0 spiro atoms. The van der Waals surface area contributed by atoms with E-state index in [0.29, 0.717) is 0 Å². The van der Waals surface area contributed by atoms with E-state index in [9.17, 15) is 0 Å². The van der Waals surface area contributed by atoms with E-state index >= 15 is 0 Å². The van der Waals surface area contributed by atoms with Gasteiger partial charge in [-0.2, -0.15) is 0 Å². The summed E-state index contributed by atoms with van der Waals surface area (Å²) in [6, 6.07) is 5.94. The molecule has 0 heterocycles. The van der Waals surface area contributed by atoms with Crippen LogP contribution in [0, 0.1) is 0 Å². The quantitative estimate of drug-likeness (QED) is 0.823. The summed E-state index contributed by atoms with van der Waals surface area (Å²) in [4.78, 5) is 0. The van der Waals surface area contributed by atoms with Crippen LogP contribution in [0.5, 0.6) is 11.5 Å². The molecule has 4 heteroatoms. The van der Waals surface area contributed by atoms with Crippen LogP contribution < -0.4 is 13.8 Å². The lowest BCUT2D eigenvalue weighted by molar-refractivity contribution is 0.354. The third-order valence-corrected chi connectivity index (χ3v) is 2.35. The molecule has 0 bridgehead atoms. The molecule has 0 atom stereocenters. The van der Waals surface area contributed by atoms with Gasteiger partial charge in [0, 0.05) is 22.7 Å². The molecule has 0 aliphatic carbocycles. The van der Waals surface area contributed by atoms with Crippen molar-refractivity contribution >= 4 is 16.1 Å². The van der Waals surface area contributed by atoms with Crippen LogP contribution in [-0.2, 0) is 6.42 Å². The molecule has 0 saturated heterocycles. The van der Waals surface area contributed by atoms with Gasteiger partial charge in [-0.1, -0.05) is 6.07 Å². The predicted molar refractivity (Wildman–Crippen MR) is 60.2 cm³/mol. The molecule has 0 aliphatic heterocycles. The summed E-state index contributed by atoms with van der Waals surface area (Å²) in [5.41, 5.74) is 1.22. The highest BCUT2D eigenvalue weighted by Gasteiger charge is 2.03. The van der Waals surface area contributed by atoms with Crippen molar-refractivity contribution in [1.82, 2.24) is 4.34 Å². The molecular formula is C10H14BrNO2. The normalized spacial score (nSPS) is 9.93. The minimum atomic E-state index is 0.767. The largest absolute Gasteiger partial charge is 0.493 e. The van der Waals surface area contributed by atoms with Crippen molar-refractivity contribution in [2.45, 2.75) is 6.42 Å². The SMILES string of the molecule is COc1ccc(CCNBr)cc1OC. The van der Waals surface area contributed by atoms with Crippen molar-refractivity contribution in [3.63, 3.8) is 0 Å². The Balaban J connectivity index is 2.79. The second-order valence-electron chi connectivity index (χ2n) is 2.82. The molecule has 0 amide bonds. The summed E-state index contributed by atoms with van der Waals surface area (Å²) < 4.78 is 13.3. The molecule has 0 aromatic heterocycles. The van der Waals surface area contributed by atoms with Crippen LogP contribution in [0.1, 0.15) is 5.56 Å². The number of halogens is 1. The summed E-state index contributed by atoms with van der Waals surface area (Å²) in [5.74, 6) is 1.54. The van der Waals surface area contributed by atoms with Gasteiger partial charge < -0.3 is 9.47 Å². The van der Waals surface area contributed by atoms with Crippen molar-refractivity contribution in [2.75, 3.05) is 20.8 Å². The van der Waals surface area contributed by atoms with Gasteiger partial charge in [-0.3, -0.25) is 4.34 Å². The Kier molecular flexibility index (Phi) is 4.76. The van der Waals surface area contributed by atoms with Crippen LogP contribution >= 0.6 is 16.1 Å². The maximum absolute atomic E-state index is 5.20. The van der Waals surface area contributed by atoms with E-state index in [1.165, 1.54) is 5.56 Å². The third-order valence-electron chi connectivity index (χ3n) is 1.96. The molecular weight excluding hydrogens is 246 g/mol. The molecule has 0 unspecified atom stereocenters. The average Bonchev–Trinajstić information content (AvgIpc) is 2.25. The van der Waals surface area contributed by atoms with Gasteiger partial charge >= 0.3 is 0 Å². The Morgan fingerprint density at radius 3 is 2.50 bits per heavy atom. The minimum absolute atomic E-state index is 0.767. The highest BCUT2D eigenvalue weighted by Crippen LogP contribution is 2.27. The number of benzene rings is 1. The molecule has 0 saturated carbocycles. The van der Waals surface area contributed by atoms with E-state index in [-0.39, 0.29) is 0 Å². The van der Waals surface area contributed by atoms with Crippen LogP contribution in [0.3, 0.4) is 0 Å². The lowest BCUT2D eigenvalue weighted by atomic mass is 10.1. The van der Waals surface area contributed by atoms with Crippen molar-refractivity contribution in [3.8, 4) is 11.5 Å². The van der Waals surface area contributed by atoms with E-state index < -0.39 is 0 Å². The Labute approximate surface area is 92.7 Å². The van der Waals surface area contributed by atoms with Crippen LogP contribution in [0.2, 0.25) is 0 Å². The molecule has 0 radical (unpaired) electrons. The van der Waals surface area contributed by atoms with Crippen LogP contribution in [0.25, 0.3) is 0 Å². The molecule has 14 heavy (non-hydrogen) atoms. The molecule has 1 aromatic rings. The highest BCUT2D eigenvalue weighted by atomic mass is 79.9. The maximum Gasteiger partial charge on any atom is 0.160 e. The summed E-state index contributed by atoms with van der Waals surface area (Å²) in [6.07, 6.45) is 0.950. The summed E-state index contributed by atoms with van der Waals surface area (Å²) >= 11 is 3.16. The minimum Gasteiger partial charge on any atom is -0.493 e. The number of nitrogens with one attached hydrogen (secondary N) is 1. The predicted octanol–water partition coefficient (Wildman–Crippen LogP) is 2.15.